The summed E-state index contributed by atoms with van der Waals surface area (Å²) in [5.74, 6) is 0.688. The number of pyridine rings is 1. The Morgan fingerprint density at radius 3 is 3.05 bits per heavy atom. The van der Waals surface area contributed by atoms with Gasteiger partial charge in [-0.05, 0) is 25.0 Å². The second-order valence-corrected chi connectivity index (χ2v) is 5.46. The fourth-order valence-corrected chi connectivity index (χ4v) is 2.89. The van der Waals surface area contributed by atoms with E-state index in [0.717, 1.165) is 24.3 Å². The molecule has 2 amide bonds. The van der Waals surface area contributed by atoms with Crippen molar-refractivity contribution in [3.05, 3.63) is 30.2 Å². The standard InChI is InChI=1S/C15H19N5O2/c1-11(21)19-10-4-5-12(19)15(22)16-8-7-14-18-17-13-6-2-3-9-20(13)14/h2-3,6,9,12H,4-5,7-8,10H2,1H3,(H,16,22)/t12-/m1/s1. The van der Waals surface area contributed by atoms with Crippen molar-refractivity contribution in [1.29, 1.82) is 0 Å². The monoisotopic (exact) mass is 301 g/mol. The van der Waals surface area contributed by atoms with Gasteiger partial charge in [0.05, 0.1) is 0 Å². The molecule has 1 atom stereocenters. The van der Waals surface area contributed by atoms with Gasteiger partial charge in [0, 0.05) is 32.6 Å². The lowest BCUT2D eigenvalue weighted by Crippen LogP contribution is -2.45. The highest BCUT2D eigenvalue weighted by atomic mass is 16.2. The predicted octanol–water partition coefficient (Wildman–Crippen LogP) is 0.399. The van der Waals surface area contributed by atoms with Crippen LogP contribution < -0.4 is 5.32 Å². The van der Waals surface area contributed by atoms with E-state index in [4.69, 9.17) is 0 Å². The molecule has 1 aliphatic heterocycles. The lowest BCUT2D eigenvalue weighted by molar-refractivity contribution is -0.136. The Kier molecular flexibility index (Phi) is 4.04. The molecule has 0 bridgehead atoms. The number of nitrogens with zero attached hydrogens (tertiary/aromatic N) is 4. The number of carbonyl (C=O) groups is 2. The number of amides is 2. The third kappa shape index (κ3) is 2.79. The van der Waals surface area contributed by atoms with Gasteiger partial charge in [0.25, 0.3) is 0 Å². The zero-order valence-electron chi connectivity index (χ0n) is 12.5. The van der Waals surface area contributed by atoms with E-state index in [2.05, 4.69) is 15.5 Å². The Bertz CT molecular complexity index is 696. The molecule has 0 unspecified atom stereocenters. The minimum Gasteiger partial charge on any atom is -0.354 e. The molecule has 1 saturated heterocycles. The van der Waals surface area contributed by atoms with Crippen molar-refractivity contribution >= 4 is 17.5 Å². The Balaban J connectivity index is 1.57. The minimum absolute atomic E-state index is 0.0406. The van der Waals surface area contributed by atoms with Crippen LogP contribution in [0, 0.1) is 0 Å². The van der Waals surface area contributed by atoms with Crippen LogP contribution in [0.4, 0.5) is 0 Å². The number of carbonyl (C=O) groups excluding carboxylic acids is 2. The molecule has 2 aromatic heterocycles. The summed E-state index contributed by atoms with van der Waals surface area (Å²) in [6, 6.07) is 5.39. The highest BCUT2D eigenvalue weighted by molar-refractivity contribution is 5.87. The van der Waals surface area contributed by atoms with Crippen LogP contribution in [-0.4, -0.2) is 50.4 Å². The summed E-state index contributed by atoms with van der Waals surface area (Å²) in [6.07, 6.45) is 4.12. The number of fused-ring (bicyclic) bond motifs is 1. The van der Waals surface area contributed by atoms with Crippen molar-refractivity contribution in [1.82, 2.24) is 24.8 Å². The molecule has 0 aliphatic carbocycles. The molecule has 7 nitrogen and oxygen atoms in total. The Labute approximate surface area is 128 Å². The number of hydrogen-bond acceptors (Lipinski definition) is 4. The van der Waals surface area contributed by atoms with Crippen LogP contribution in [0.2, 0.25) is 0 Å². The summed E-state index contributed by atoms with van der Waals surface area (Å²) in [7, 11) is 0. The maximum absolute atomic E-state index is 12.2. The van der Waals surface area contributed by atoms with Crippen molar-refractivity contribution in [2.45, 2.75) is 32.2 Å². The first-order valence-corrected chi connectivity index (χ1v) is 7.50. The molecule has 116 valence electrons. The molecule has 1 aliphatic rings. The van der Waals surface area contributed by atoms with Crippen molar-refractivity contribution in [2.75, 3.05) is 13.1 Å². The van der Waals surface area contributed by atoms with Crippen molar-refractivity contribution < 1.29 is 9.59 Å². The first-order valence-electron chi connectivity index (χ1n) is 7.50. The largest absolute Gasteiger partial charge is 0.354 e. The topological polar surface area (TPSA) is 79.6 Å². The molecule has 1 N–H and O–H groups in total. The summed E-state index contributed by atoms with van der Waals surface area (Å²) in [4.78, 5) is 25.3. The van der Waals surface area contributed by atoms with Crippen molar-refractivity contribution in [3.8, 4) is 0 Å². The molecule has 7 heteroatoms. The molecule has 0 spiro atoms. The fraction of sp³-hybridized carbons (Fsp3) is 0.467. The number of rotatable bonds is 4. The normalized spacial score (nSPS) is 17.9. The van der Waals surface area contributed by atoms with Crippen LogP contribution in [-0.2, 0) is 16.0 Å². The van der Waals surface area contributed by atoms with Crippen LogP contribution in [0.3, 0.4) is 0 Å². The van der Waals surface area contributed by atoms with E-state index in [0.29, 0.717) is 19.5 Å². The van der Waals surface area contributed by atoms with Crippen LogP contribution in [0.25, 0.3) is 5.65 Å². The Hall–Kier alpha value is -2.44. The van der Waals surface area contributed by atoms with Crippen LogP contribution in [0.15, 0.2) is 24.4 Å². The molecule has 3 rings (SSSR count). The molecular formula is C15H19N5O2. The third-order valence-electron chi connectivity index (χ3n) is 3.99. The molecule has 0 aromatic carbocycles. The van der Waals surface area contributed by atoms with Gasteiger partial charge >= 0.3 is 0 Å². The summed E-state index contributed by atoms with van der Waals surface area (Å²) < 4.78 is 1.91. The average Bonchev–Trinajstić information content (AvgIpc) is 3.14. The number of likely N-dealkylation sites (tertiary alicyclic amines) is 1. The minimum atomic E-state index is -0.326. The van der Waals surface area contributed by atoms with Gasteiger partial charge in [0.1, 0.15) is 11.9 Å². The zero-order chi connectivity index (χ0) is 15.5. The quantitative estimate of drug-likeness (QED) is 0.886. The summed E-state index contributed by atoms with van der Waals surface area (Å²) in [6.45, 7) is 2.66. The predicted molar refractivity (Wildman–Crippen MR) is 80.1 cm³/mol. The van der Waals surface area contributed by atoms with Gasteiger partial charge in [-0.2, -0.15) is 0 Å². The van der Waals surface area contributed by atoms with E-state index >= 15 is 0 Å². The first-order chi connectivity index (χ1) is 10.7. The van der Waals surface area contributed by atoms with Gasteiger partial charge in [-0.15, -0.1) is 10.2 Å². The lowest BCUT2D eigenvalue weighted by Gasteiger charge is -2.22. The van der Waals surface area contributed by atoms with Gasteiger partial charge in [-0.1, -0.05) is 6.07 Å². The molecule has 22 heavy (non-hydrogen) atoms. The first kappa shape index (κ1) is 14.5. The van der Waals surface area contributed by atoms with Gasteiger partial charge in [0.15, 0.2) is 5.65 Å². The van der Waals surface area contributed by atoms with Gasteiger partial charge in [-0.25, -0.2) is 0 Å². The van der Waals surface area contributed by atoms with E-state index < -0.39 is 0 Å². The second-order valence-electron chi connectivity index (χ2n) is 5.46. The summed E-state index contributed by atoms with van der Waals surface area (Å²) >= 11 is 0. The fourth-order valence-electron chi connectivity index (χ4n) is 2.89. The van der Waals surface area contributed by atoms with Crippen molar-refractivity contribution in [3.63, 3.8) is 0 Å². The van der Waals surface area contributed by atoms with E-state index in [-0.39, 0.29) is 17.9 Å². The van der Waals surface area contributed by atoms with E-state index in [1.54, 1.807) is 4.90 Å². The number of aromatic nitrogens is 3. The lowest BCUT2D eigenvalue weighted by atomic mass is 10.2. The highest BCUT2D eigenvalue weighted by Gasteiger charge is 2.31. The molecule has 2 aromatic rings. The zero-order valence-corrected chi connectivity index (χ0v) is 12.5. The second kappa shape index (κ2) is 6.13. The maximum Gasteiger partial charge on any atom is 0.242 e. The van der Waals surface area contributed by atoms with Gasteiger partial charge < -0.3 is 10.2 Å². The van der Waals surface area contributed by atoms with Crippen LogP contribution in [0.1, 0.15) is 25.6 Å². The summed E-state index contributed by atoms with van der Waals surface area (Å²) in [5, 5.41) is 11.1. The van der Waals surface area contributed by atoms with E-state index in [1.807, 2.05) is 28.8 Å². The number of nitrogens with one attached hydrogen (secondary N) is 1. The smallest absolute Gasteiger partial charge is 0.242 e. The maximum atomic E-state index is 12.2. The SMILES string of the molecule is CC(=O)N1CCC[C@@H]1C(=O)NCCc1nnc2ccccn12. The van der Waals surface area contributed by atoms with Crippen molar-refractivity contribution in [2.24, 2.45) is 0 Å². The molecule has 0 radical (unpaired) electrons. The molecule has 3 heterocycles. The van der Waals surface area contributed by atoms with E-state index in [1.165, 1.54) is 6.92 Å². The Morgan fingerprint density at radius 2 is 2.23 bits per heavy atom. The Morgan fingerprint density at radius 1 is 1.36 bits per heavy atom. The van der Waals surface area contributed by atoms with Gasteiger partial charge in [0.2, 0.25) is 11.8 Å². The third-order valence-corrected chi connectivity index (χ3v) is 3.99. The average molecular weight is 301 g/mol. The number of hydrogen-bond donors (Lipinski definition) is 1. The molecule has 0 saturated carbocycles. The molecular weight excluding hydrogens is 282 g/mol. The highest BCUT2D eigenvalue weighted by Crippen LogP contribution is 2.17. The molecule has 1 fully saturated rings. The summed E-state index contributed by atoms with van der Waals surface area (Å²) in [5.41, 5.74) is 0.794. The van der Waals surface area contributed by atoms with Crippen LogP contribution in [0.5, 0.6) is 0 Å². The van der Waals surface area contributed by atoms with Gasteiger partial charge in [-0.3, -0.25) is 14.0 Å². The van der Waals surface area contributed by atoms with E-state index in [9.17, 15) is 9.59 Å². The van der Waals surface area contributed by atoms with Crippen LogP contribution >= 0.6 is 0 Å².